The highest BCUT2D eigenvalue weighted by atomic mass is 127. The molecular weight excluding hydrogens is 543 g/mol. The van der Waals surface area contributed by atoms with Gasteiger partial charge in [-0.05, 0) is 44.2 Å². The summed E-state index contributed by atoms with van der Waals surface area (Å²) in [5.74, 6) is 1.24. The van der Waals surface area contributed by atoms with Crippen molar-refractivity contribution in [1.82, 2.24) is 15.5 Å². The van der Waals surface area contributed by atoms with Crippen molar-refractivity contribution in [3.8, 4) is 0 Å². The maximum absolute atomic E-state index is 12.2. The second-order valence-corrected chi connectivity index (χ2v) is 9.21. The van der Waals surface area contributed by atoms with Crippen molar-refractivity contribution in [3.63, 3.8) is 0 Å². The van der Waals surface area contributed by atoms with Crippen LogP contribution in [0.1, 0.15) is 52.0 Å². The van der Waals surface area contributed by atoms with Crippen LogP contribution < -0.4 is 10.6 Å². The molecular formula is C22H34BrIN4O. The normalized spacial score (nSPS) is 18.9. The fourth-order valence-electron chi connectivity index (χ4n) is 3.91. The molecule has 5 nitrogen and oxygen atoms in total. The molecule has 0 spiro atoms. The van der Waals surface area contributed by atoms with Crippen LogP contribution in [0.4, 0.5) is 0 Å². The SMILES string of the molecule is CCNC(=NCC1(c2ccccc2Br)CC1)NC1CCN(C(=O)C(C)C)CC1.I. The molecule has 1 saturated carbocycles. The molecule has 2 aliphatic rings. The molecule has 0 bridgehead atoms. The topological polar surface area (TPSA) is 56.7 Å². The highest BCUT2D eigenvalue weighted by Gasteiger charge is 2.45. The Kier molecular flexibility index (Phi) is 9.25. The van der Waals surface area contributed by atoms with Gasteiger partial charge in [-0.2, -0.15) is 0 Å². The van der Waals surface area contributed by atoms with Gasteiger partial charge < -0.3 is 15.5 Å². The maximum Gasteiger partial charge on any atom is 0.225 e. The number of amides is 1. The third-order valence-electron chi connectivity index (χ3n) is 5.82. The Morgan fingerprint density at radius 3 is 2.48 bits per heavy atom. The van der Waals surface area contributed by atoms with Gasteiger partial charge in [-0.25, -0.2) is 0 Å². The van der Waals surface area contributed by atoms with Gasteiger partial charge in [0.2, 0.25) is 5.91 Å². The predicted molar refractivity (Wildman–Crippen MR) is 134 cm³/mol. The zero-order valence-electron chi connectivity index (χ0n) is 17.7. The molecule has 1 aliphatic heterocycles. The van der Waals surface area contributed by atoms with Crippen molar-refractivity contribution in [1.29, 1.82) is 0 Å². The molecule has 1 heterocycles. The van der Waals surface area contributed by atoms with Gasteiger partial charge >= 0.3 is 0 Å². The van der Waals surface area contributed by atoms with Crippen LogP contribution in [-0.2, 0) is 10.2 Å². The lowest BCUT2D eigenvalue weighted by atomic mass is 9.96. The molecule has 2 fully saturated rings. The van der Waals surface area contributed by atoms with Gasteiger partial charge in [0.15, 0.2) is 5.96 Å². The number of benzene rings is 1. The largest absolute Gasteiger partial charge is 0.357 e. The third-order valence-corrected chi connectivity index (χ3v) is 6.52. The van der Waals surface area contributed by atoms with Gasteiger partial charge in [0, 0.05) is 41.5 Å². The quantitative estimate of drug-likeness (QED) is 0.302. The van der Waals surface area contributed by atoms with E-state index < -0.39 is 0 Å². The molecule has 0 radical (unpaired) electrons. The first-order chi connectivity index (χ1) is 13.4. The standard InChI is InChI=1S/C22H33BrN4O.HI/c1-4-24-21(26-17-9-13-27(14-10-17)20(28)16(2)3)25-15-22(11-12-22)18-7-5-6-8-19(18)23;/h5-8,16-17H,4,9-15H2,1-3H3,(H2,24,25,26);1H. The van der Waals surface area contributed by atoms with Crippen LogP contribution in [0.15, 0.2) is 33.7 Å². The summed E-state index contributed by atoms with van der Waals surface area (Å²) in [5, 5.41) is 7.00. The summed E-state index contributed by atoms with van der Waals surface area (Å²) in [5.41, 5.74) is 1.55. The second-order valence-electron chi connectivity index (χ2n) is 8.35. The number of guanidine groups is 1. The maximum atomic E-state index is 12.2. The summed E-state index contributed by atoms with van der Waals surface area (Å²) < 4.78 is 1.18. The van der Waals surface area contributed by atoms with E-state index in [-0.39, 0.29) is 41.2 Å². The van der Waals surface area contributed by atoms with Gasteiger partial charge in [-0.3, -0.25) is 9.79 Å². The number of carbonyl (C=O) groups is 1. The minimum atomic E-state index is 0. The van der Waals surface area contributed by atoms with E-state index in [4.69, 9.17) is 4.99 Å². The van der Waals surface area contributed by atoms with Crippen molar-refractivity contribution < 1.29 is 4.79 Å². The van der Waals surface area contributed by atoms with E-state index in [1.54, 1.807) is 0 Å². The minimum Gasteiger partial charge on any atom is -0.357 e. The Bertz CT molecular complexity index is 713. The van der Waals surface area contributed by atoms with Gasteiger partial charge in [0.25, 0.3) is 0 Å². The first kappa shape index (κ1) is 24.4. The van der Waals surface area contributed by atoms with E-state index in [2.05, 4.69) is 57.8 Å². The molecule has 1 amide bonds. The van der Waals surface area contributed by atoms with Crippen molar-refractivity contribution in [3.05, 3.63) is 34.3 Å². The monoisotopic (exact) mass is 576 g/mol. The van der Waals surface area contributed by atoms with E-state index in [0.29, 0.717) is 6.04 Å². The first-order valence-electron chi connectivity index (χ1n) is 10.5. The Balaban J connectivity index is 0.00000300. The number of carbonyl (C=O) groups excluding carboxylic acids is 1. The number of hydrogen-bond acceptors (Lipinski definition) is 2. The molecule has 7 heteroatoms. The number of likely N-dealkylation sites (tertiary alicyclic amines) is 1. The van der Waals surface area contributed by atoms with Crippen LogP contribution in [0.25, 0.3) is 0 Å². The smallest absolute Gasteiger partial charge is 0.225 e. The number of piperidine rings is 1. The molecule has 1 saturated heterocycles. The fraction of sp³-hybridized carbons (Fsp3) is 0.636. The summed E-state index contributed by atoms with van der Waals surface area (Å²) in [7, 11) is 0. The van der Waals surface area contributed by atoms with Crippen molar-refractivity contribution in [2.24, 2.45) is 10.9 Å². The summed E-state index contributed by atoms with van der Waals surface area (Å²) in [6.45, 7) is 9.35. The minimum absolute atomic E-state index is 0. The number of hydrogen-bond donors (Lipinski definition) is 2. The molecule has 2 N–H and O–H groups in total. The van der Waals surface area contributed by atoms with Crippen molar-refractivity contribution in [2.75, 3.05) is 26.2 Å². The third kappa shape index (κ3) is 6.32. The summed E-state index contributed by atoms with van der Waals surface area (Å²) in [4.78, 5) is 19.1. The predicted octanol–water partition coefficient (Wildman–Crippen LogP) is 4.30. The van der Waals surface area contributed by atoms with E-state index in [9.17, 15) is 4.79 Å². The molecule has 29 heavy (non-hydrogen) atoms. The Morgan fingerprint density at radius 2 is 1.93 bits per heavy atom. The average molecular weight is 577 g/mol. The second kappa shape index (κ2) is 11.0. The van der Waals surface area contributed by atoms with Crippen LogP contribution in [0.2, 0.25) is 0 Å². The van der Waals surface area contributed by atoms with Crippen LogP contribution >= 0.6 is 39.9 Å². The summed E-state index contributed by atoms with van der Waals surface area (Å²) in [6, 6.07) is 8.88. The Hall–Kier alpha value is -0.830. The highest BCUT2D eigenvalue weighted by molar-refractivity contribution is 14.0. The van der Waals surface area contributed by atoms with Crippen LogP contribution in [0, 0.1) is 5.92 Å². The van der Waals surface area contributed by atoms with Crippen LogP contribution in [-0.4, -0.2) is 49.0 Å². The lowest BCUT2D eigenvalue weighted by molar-refractivity contribution is -0.135. The lowest BCUT2D eigenvalue weighted by Crippen LogP contribution is -2.50. The van der Waals surface area contributed by atoms with Crippen molar-refractivity contribution in [2.45, 2.75) is 57.9 Å². The van der Waals surface area contributed by atoms with Gasteiger partial charge in [0.1, 0.15) is 0 Å². The Labute approximate surface area is 200 Å². The molecule has 1 aliphatic carbocycles. The molecule has 1 aromatic carbocycles. The molecule has 162 valence electrons. The molecule has 0 unspecified atom stereocenters. The molecule has 0 atom stereocenters. The zero-order chi connectivity index (χ0) is 20.1. The van der Waals surface area contributed by atoms with Gasteiger partial charge in [0.05, 0.1) is 6.54 Å². The fourth-order valence-corrected chi connectivity index (χ4v) is 4.61. The van der Waals surface area contributed by atoms with E-state index in [0.717, 1.165) is 45.0 Å². The number of nitrogens with one attached hydrogen (secondary N) is 2. The number of nitrogens with zero attached hydrogens (tertiary/aromatic N) is 2. The number of halogens is 2. The van der Waals surface area contributed by atoms with Crippen molar-refractivity contribution >= 4 is 51.8 Å². The number of aliphatic imine (C=N–C) groups is 1. The van der Waals surface area contributed by atoms with Gasteiger partial charge in [-0.1, -0.05) is 48.0 Å². The zero-order valence-corrected chi connectivity index (χ0v) is 21.6. The van der Waals surface area contributed by atoms with Crippen LogP contribution in [0.5, 0.6) is 0 Å². The number of rotatable bonds is 6. The average Bonchev–Trinajstić information content (AvgIpc) is 3.47. The van der Waals surface area contributed by atoms with Gasteiger partial charge in [-0.15, -0.1) is 24.0 Å². The molecule has 0 aromatic heterocycles. The lowest BCUT2D eigenvalue weighted by Gasteiger charge is -2.34. The van der Waals surface area contributed by atoms with E-state index in [1.165, 1.54) is 22.9 Å². The first-order valence-corrected chi connectivity index (χ1v) is 11.3. The van der Waals surface area contributed by atoms with E-state index in [1.807, 2.05) is 18.7 Å². The van der Waals surface area contributed by atoms with Crippen LogP contribution in [0.3, 0.4) is 0 Å². The molecule has 1 aromatic rings. The summed E-state index contributed by atoms with van der Waals surface area (Å²) in [6.07, 6.45) is 4.32. The van der Waals surface area contributed by atoms with E-state index >= 15 is 0 Å². The Morgan fingerprint density at radius 1 is 1.28 bits per heavy atom. The highest BCUT2D eigenvalue weighted by Crippen LogP contribution is 2.50. The summed E-state index contributed by atoms with van der Waals surface area (Å²) >= 11 is 3.70. The molecule has 3 rings (SSSR count).